The van der Waals surface area contributed by atoms with Crippen molar-refractivity contribution in [2.75, 3.05) is 6.54 Å². The highest BCUT2D eigenvalue weighted by atomic mass is 32.2. The van der Waals surface area contributed by atoms with Gasteiger partial charge in [0.05, 0.1) is 11.0 Å². The molecule has 27 heavy (non-hydrogen) atoms. The minimum absolute atomic E-state index is 0.0414. The number of benzene rings is 2. The van der Waals surface area contributed by atoms with Crippen molar-refractivity contribution >= 4 is 22.0 Å². The molecular weight excluding hydrogens is 368 g/mol. The van der Waals surface area contributed by atoms with Gasteiger partial charge in [-0.15, -0.1) is 0 Å². The van der Waals surface area contributed by atoms with Crippen LogP contribution in [0, 0.1) is 0 Å². The molecule has 0 saturated carbocycles. The lowest BCUT2D eigenvalue weighted by atomic mass is 10.1. The number of carbonyl (C=O) groups excluding carboxylic acids is 2. The lowest BCUT2D eigenvalue weighted by Crippen LogP contribution is -2.32. The van der Waals surface area contributed by atoms with Gasteiger partial charge in [0.1, 0.15) is 0 Å². The Morgan fingerprint density at radius 2 is 1.63 bits per heavy atom. The van der Waals surface area contributed by atoms with Crippen LogP contribution in [0.5, 0.6) is 0 Å². The maximum Gasteiger partial charge on any atom is 0.421 e. The van der Waals surface area contributed by atoms with Crippen molar-refractivity contribution in [2.45, 2.75) is 31.3 Å². The lowest BCUT2D eigenvalue weighted by Gasteiger charge is -2.10. The second kappa shape index (κ2) is 9.18. The van der Waals surface area contributed by atoms with Crippen LogP contribution >= 0.6 is 0 Å². The largest absolute Gasteiger partial charge is 0.446 e. The number of sulfonamides is 1. The Kier molecular flexibility index (Phi) is 6.95. The van der Waals surface area contributed by atoms with Gasteiger partial charge >= 0.3 is 6.09 Å². The van der Waals surface area contributed by atoms with Crippen LogP contribution in [0.4, 0.5) is 4.79 Å². The second-order valence-electron chi connectivity index (χ2n) is 6.08. The van der Waals surface area contributed by atoms with E-state index >= 15 is 0 Å². The molecule has 8 heteroatoms. The van der Waals surface area contributed by atoms with E-state index in [1.165, 1.54) is 12.1 Å². The Balaban J connectivity index is 1.89. The molecular formula is C19H22N2O5S. The zero-order valence-corrected chi connectivity index (χ0v) is 16.0. The summed E-state index contributed by atoms with van der Waals surface area (Å²) in [6.07, 6.45) is -0.895. The molecule has 0 spiro atoms. The molecule has 0 aliphatic carbocycles. The molecule has 7 nitrogen and oxygen atoms in total. The number of nitrogens with one attached hydrogen (secondary N) is 2. The number of amides is 2. The van der Waals surface area contributed by atoms with Crippen molar-refractivity contribution in [2.24, 2.45) is 0 Å². The molecule has 0 aromatic heterocycles. The molecule has 0 saturated heterocycles. The van der Waals surface area contributed by atoms with E-state index in [0.717, 1.165) is 5.56 Å². The third-order valence-corrected chi connectivity index (χ3v) is 4.86. The van der Waals surface area contributed by atoms with E-state index in [9.17, 15) is 18.0 Å². The summed E-state index contributed by atoms with van der Waals surface area (Å²) in [5, 5.41) is 2.81. The van der Waals surface area contributed by atoms with Crippen molar-refractivity contribution in [3.8, 4) is 0 Å². The molecule has 2 aromatic carbocycles. The van der Waals surface area contributed by atoms with Gasteiger partial charge in [0.25, 0.3) is 15.9 Å². The number of carbonyl (C=O) groups is 2. The van der Waals surface area contributed by atoms with E-state index in [1.54, 1.807) is 50.2 Å². The second-order valence-corrected chi connectivity index (χ2v) is 7.76. The van der Waals surface area contributed by atoms with Crippen LogP contribution < -0.4 is 10.0 Å². The van der Waals surface area contributed by atoms with Gasteiger partial charge in [0.2, 0.25) is 0 Å². The molecule has 0 aliphatic heterocycles. The topological polar surface area (TPSA) is 102 Å². The highest BCUT2D eigenvalue weighted by molar-refractivity contribution is 7.90. The van der Waals surface area contributed by atoms with Crippen LogP contribution in [0.1, 0.15) is 29.8 Å². The van der Waals surface area contributed by atoms with Crippen molar-refractivity contribution in [3.63, 3.8) is 0 Å². The number of ether oxygens (including phenoxy) is 1. The Morgan fingerprint density at radius 1 is 1.00 bits per heavy atom. The Labute approximate surface area is 158 Å². The van der Waals surface area contributed by atoms with Crippen LogP contribution in [-0.2, 0) is 21.2 Å². The van der Waals surface area contributed by atoms with E-state index in [2.05, 4.69) is 5.32 Å². The fourth-order valence-electron chi connectivity index (χ4n) is 2.25. The maximum atomic E-state index is 12.1. The molecule has 2 rings (SSSR count). The highest BCUT2D eigenvalue weighted by Crippen LogP contribution is 2.11. The molecule has 2 aromatic rings. The minimum Gasteiger partial charge on any atom is -0.446 e. The van der Waals surface area contributed by atoms with Gasteiger partial charge in [0.15, 0.2) is 0 Å². The van der Waals surface area contributed by atoms with E-state index in [1.807, 2.05) is 10.8 Å². The van der Waals surface area contributed by atoms with E-state index in [-0.39, 0.29) is 10.8 Å². The monoisotopic (exact) mass is 390 g/mol. The third-order valence-electron chi connectivity index (χ3n) is 3.53. The normalized spacial score (nSPS) is 11.1. The lowest BCUT2D eigenvalue weighted by molar-refractivity contribution is 0.0953. The summed E-state index contributed by atoms with van der Waals surface area (Å²) in [6, 6.07) is 15.0. The number of hydrogen-bond acceptors (Lipinski definition) is 5. The molecule has 144 valence electrons. The molecule has 0 bridgehead atoms. The van der Waals surface area contributed by atoms with Crippen molar-refractivity contribution in [1.29, 1.82) is 0 Å². The smallest absolute Gasteiger partial charge is 0.421 e. The first-order valence-corrected chi connectivity index (χ1v) is 9.92. The first-order valence-electron chi connectivity index (χ1n) is 8.43. The summed E-state index contributed by atoms with van der Waals surface area (Å²) in [4.78, 5) is 23.4. The van der Waals surface area contributed by atoms with Gasteiger partial charge in [-0.25, -0.2) is 17.9 Å². The minimum atomic E-state index is -3.99. The van der Waals surface area contributed by atoms with Gasteiger partial charge in [-0.3, -0.25) is 4.79 Å². The SMILES string of the molecule is CC(C)OC(=O)NS(=O)(=O)c1ccc(CCNC(=O)c2ccccc2)cc1. The standard InChI is InChI=1S/C19H22N2O5S/c1-14(2)26-19(23)21-27(24,25)17-10-8-15(9-11-17)12-13-20-18(22)16-6-4-3-5-7-16/h3-11,14H,12-13H2,1-2H3,(H,20,22)(H,21,23). The number of hydrogen-bond donors (Lipinski definition) is 2. The summed E-state index contributed by atoms with van der Waals surface area (Å²) in [5.41, 5.74) is 1.44. The van der Waals surface area contributed by atoms with E-state index in [4.69, 9.17) is 4.74 Å². The van der Waals surface area contributed by atoms with Gasteiger partial charge in [-0.1, -0.05) is 30.3 Å². The summed E-state index contributed by atoms with van der Waals surface area (Å²) >= 11 is 0. The Hall–Kier alpha value is -2.87. The molecule has 2 N–H and O–H groups in total. The zero-order valence-electron chi connectivity index (χ0n) is 15.1. The van der Waals surface area contributed by atoms with Crippen molar-refractivity contribution in [1.82, 2.24) is 10.0 Å². The highest BCUT2D eigenvalue weighted by Gasteiger charge is 2.19. The van der Waals surface area contributed by atoms with Gasteiger partial charge in [-0.2, -0.15) is 0 Å². The predicted molar refractivity (Wildman–Crippen MR) is 101 cm³/mol. The van der Waals surface area contributed by atoms with Crippen LogP contribution in [0.25, 0.3) is 0 Å². The molecule has 0 aliphatic rings. The number of rotatable bonds is 7. The average Bonchev–Trinajstić information content (AvgIpc) is 2.61. The van der Waals surface area contributed by atoms with Crippen molar-refractivity contribution in [3.05, 3.63) is 65.7 Å². The fraction of sp³-hybridized carbons (Fsp3) is 0.263. The zero-order chi connectivity index (χ0) is 19.9. The van der Waals surface area contributed by atoms with Gasteiger partial charge in [0, 0.05) is 12.1 Å². The molecule has 0 radical (unpaired) electrons. The van der Waals surface area contributed by atoms with Crippen LogP contribution in [0.2, 0.25) is 0 Å². The summed E-state index contributed by atoms with van der Waals surface area (Å²) in [6.45, 7) is 3.66. The summed E-state index contributed by atoms with van der Waals surface area (Å²) < 4.78 is 30.9. The molecule has 0 heterocycles. The molecule has 0 unspecified atom stereocenters. The fourth-order valence-corrected chi connectivity index (χ4v) is 3.13. The molecule has 0 fully saturated rings. The first kappa shape index (κ1) is 20.4. The summed E-state index contributed by atoms with van der Waals surface area (Å²) in [7, 11) is -3.99. The van der Waals surface area contributed by atoms with E-state index in [0.29, 0.717) is 18.5 Å². The average molecular weight is 390 g/mol. The Bertz CT molecular complexity index is 878. The molecule has 0 atom stereocenters. The van der Waals surface area contributed by atoms with Gasteiger partial charge in [-0.05, 0) is 50.1 Å². The van der Waals surface area contributed by atoms with Crippen LogP contribution in [0.15, 0.2) is 59.5 Å². The first-order chi connectivity index (χ1) is 12.8. The van der Waals surface area contributed by atoms with E-state index < -0.39 is 22.2 Å². The third kappa shape index (κ3) is 6.41. The van der Waals surface area contributed by atoms with Crippen molar-refractivity contribution < 1.29 is 22.7 Å². The Morgan fingerprint density at radius 3 is 2.22 bits per heavy atom. The van der Waals surface area contributed by atoms with Crippen LogP contribution in [-0.4, -0.2) is 33.1 Å². The van der Waals surface area contributed by atoms with Crippen LogP contribution in [0.3, 0.4) is 0 Å². The quantitative estimate of drug-likeness (QED) is 0.756. The predicted octanol–water partition coefficient (Wildman–Crippen LogP) is 2.48. The van der Waals surface area contributed by atoms with Gasteiger partial charge < -0.3 is 10.1 Å². The molecule has 2 amide bonds. The summed E-state index contributed by atoms with van der Waals surface area (Å²) in [5.74, 6) is -0.164. The maximum absolute atomic E-state index is 12.1.